The molecular weight excluding hydrogens is 508 g/mol. The van der Waals surface area contributed by atoms with Crippen LogP contribution < -0.4 is 26.6 Å². The standard InChI is InChI=1S/C31H34N4O3S/c1-4-5-24(18-31(32)34-35-33)23-7-9-25(10-8-23)38-19-22-6-13-30-28(17-22)29(20-39-30)27-12-11-26(16-21(27)2)37-15-14-36-3/h6-13,16-17,20,24,35H,14-15,18-19,33H2,1-3H3,(H2,32,34). The van der Waals surface area contributed by atoms with Crippen LogP contribution in [0.25, 0.3) is 21.2 Å². The minimum absolute atomic E-state index is 0.0741. The molecular formula is C31H34N4O3S. The van der Waals surface area contributed by atoms with Crippen molar-refractivity contribution in [1.29, 1.82) is 0 Å². The summed E-state index contributed by atoms with van der Waals surface area (Å²) in [5.74, 6) is 13.4. The molecule has 202 valence electrons. The van der Waals surface area contributed by atoms with E-state index < -0.39 is 0 Å². The maximum absolute atomic E-state index is 6.13. The van der Waals surface area contributed by atoms with Crippen molar-refractivity contribution in [1.82, 2.24) is 5.53 Å². The van der Waals surface area contributed by atoms with Gasteiger partial charge in [0.15, 0.2) is 0 Å². The number of hydrazine groups is 1. The summed E-state index contributed by atoms with van der Waals surface area (Å²) in [6.45, 7) is 5.49. The van der Waals surface area contributed by atoms with Crippen LogP contribution >= 0.6 is 11.3 Å². The molecule has 1 heterocycles. The van der Waals surface area contributed by atoms with E-state index in [0.717, 1.165) is 22.6 Å². The fourth-order valence-corrected chi connectivity index (χ4v) is 5.31. The predicted octanol–water partition coefficient (Wildman–Crippen LogP) is 5.71. The Morgan fingerprint density at radius 2 is 1.79 bits per heavy atom. The highest BCUT2D eigenvalue weighted by atomic mass is 32.1. The van der Waals surface area contributed by atoms with Gasteiger partial charge in [-0.3, -0.25) is 0 Å². The lowest BCUT2D eigenvalue weighted by molar-refractivity contribution is 0.146. The number of ether oxygens (including phenoxy) is 3. The zero-order valence-corrected chi connectivity index (χ0v) is 23.3. The van der Waals surface area contributed by atoms with E-state index in [2.05, 4.69) is 65.1 Å². The number of nitrogens with two attached hydrogens (primary N) is 2. The number of fused-ring (bicyclic) bond motifs is 1. The molecule has 0 bridgehead atoms. The number of hydrogen-bond acceptors (Lipinski definition) is 7. The van der Waals surface area contributed by atoms with E-state index in [1.807, 2.05) is 37.3 Å². The van der Waals surface area contributed by atoms with Crippen LogP contribution in [0.15, 0.2) is 71.1 Å². The zero-order chi connectivity index (χ0) is 27.6. The highest BCUT2D eigenvalue weighted by Crippen LogP contribution is 2.37. The van der Waals surface area contributed by atoms with Crippen molar-refractivity contribution in [3.8, 4) is 34.5 Å². The maximum atomic E-state index is 6.13. The van der Waals surface area contributed by atoms with Gasteiger partial charge in [-0.05, 0) is 77.9 Å². The number of hydrazone groups is 1. The molecule has 7 nitrogen and oxygen atoms in total. The first-order valence-corrected chi connectivity index (χ1v) is 13.6. The number of nitrogens with zero attached hydrogens (tertiary/aromatic N) is 1. The molecule has 0 aliphatic carbocycles. The second kappa shape index (κ2) is 13.7. The molecule has 0 aliphatic heterocycles. The summed E-state index contributed by atoms with van der Waals surface area (Å²) in [5, 5.41) is 7.28. The molecule has 0 fully saturated rings. The third kappa shape index (κ3) is 7.30. The Kier molecular flexibility index (Phi) is 9.81. The molecule has 3 aromatic carbocycles. The van der Waals surface area contributed by atoms with Gasteiger partial charge in [0.25, 0.3) is 0 Å². The lowest BCUT2D eigenvalue weighted by atomic mass is 9.95. The van der Waals surface area contributed by atoms with Gasteiger partial charge in [0.2, 0.25) is 0 Å². The van der Waals surface area contributed by atoms with Crippen LogP contribution in [0.1, 0.15) is 36.0 Å². The highest BCUT2D eigenvalue weighted by Gasteiger charge is 2.13. The molecule has 0 saturated carbocycles. The molecule has 4 rings (SSSR count). The zero-order valence-electron chi connectivity index (χ0n) is 22.5. The van der Waals surface area contributed by atoms with Crippen LogP contribution in [-0.4, -0.2) is 26.2 Å². The summed E-state index contributed by atoms with van der Waals surface area (Å²) >= 11 is 1.75. The minimum atomic E-state index is -0.0741. The van der Waals surface area contributed by atoms with Gasteiger partial charge in [0.1, 0.15) is 30.5 Å². The molecule has 8 heteroatoms. The van der Waals surface area contributed by atoms with Crippen molar-refractivity contribution in [2.75, 3.05) is 20.3 Å². The summed E-state index contributed by atoms with van der Waals surface area (Å²) in [5.41, 5.74) is 13.9. The van der Waals surface area contributed by atoms with Crippen LogP contribution in [0.4, 0.5) is 0 Å². The van der Waals surface area contributed by atoms with Crippen molar-refractivity contribution >= 4 is 27.3 Å². The number of rotatable bonds is 12. The first-order chi connectivity index (χ1) is 19.0. The first kappa shape index (κ1) is 28.0. The second-order valence-electron chi connectivity index (χ2n) is 9.04. The Labute approximate surface area is 233 Å². The van der Waals surface area contributed by atoms with Gasteiger partial charge in [-0.15, -0.1) is 17.3 Å². The van der Waals surface area contributed by atoms with Crippen molar-refractivity contribution in [3.63, 3.8) is 0 Å². The number of aryl methyl sites for hydroxylation is 1. The van der Waals surface area contributed by atoms with Crippen LogP contribution in [0.2, 0.25) is 0 Å². The summed E-state index contributed by atoms with van der Waals surface area (Å²) in [7, 11) is 1.67. The lowest BCUT2D eigenvalue weighted by Gasteiger charge is -2.13. The number of hydrogen-bond donors (Lipinski definition) is 3. The van der Waals surface area contributed by atoms with Crippen molar-refractivity contribution in [2.24, 2.45) is 16.7 Å². The Morgan fingerprint density at radius 3 is 2.51 bits per heavy atom. The van der Waals surface area contributed by atoms with Crippen molar-refractivity contribution in [2.45, 2.75) is 32.8 Å². The van der Waals surface area contributed by atoms with Crippen LogP contribution in [0, 0.1) is 18.8 Å². The number of methoxy groups -OCH3 is 1. The Hall–Kier alpha value is -4.03. The third-order valence-corrected chi connectivity index (χ3v) is 7.27. The maximum Gasteiger partial charge on any atom is 0.122 e. The molecule has 0 radical (unpaired) electrons. The van der Waals surface area contributed by atoms with Gasteiger partial charge in [-0.25, -0.2) is 11.4 Å². The molecule has 4 aromatic rings. The molecule has 0 saturated heterocycles. The van der Waals surface area contributed by atoms with Crippen LogP contribution in [0.3, 0.4) is 0 Å². The molecule has 0 aliphatic rings. The number of benzene rings is 3. The van der Waals surface area contributed by atoms with E-state index in [4.69, 9.17) is 25.8 Å². The van der Waals surface area contributed by atoms with Gasteiger partial charge in [0, 0.05) is 29.2 Å². The van der Waals surface area contributed by atoms with E-state index in [1.165, 1.54) is 26.8 Å². The summed E-state index contributed by atoms with van der Waals surface area (Å²) in [6.07, 6.45) is 0.483. The summed E-state index contributed by atoms with van der Waals surface area (Å²) < 4.78 is 18.2. The largest absolute Gasteiger partial charge is 0.491 e. The van der Waals surface area contributed by atoms with Crippen LogP contribution in [-0.2, 0) is 11.3 Å². The number of nitrogens with one attached hydrogen (secondary N) is 1. The second-order valence-corrected chi connectivity index (χ2v) is 9.95. The van der Waals surface area contributed by atoms with Crippen molar-refractivity contribution < 1.29 is 14.2 Å². The highest BCUT2D eigenvalue weighted by molar-refractivity contribution is 7.17. The summed E-state index contributed by atoms with van der Waals surface area (Å²) in [4.78, 5) is 0. The number of amidine groups is 1. The van der Waals surface area contributed by atoms with E-state index >= 15 is 0 Å². The van der Waals surface area contributed by atoms with E-state index in [9.17, 15) is 0 Å². The quantitative estimate of drug-likeness (QED) is 0.0529. The monoisotopic (exact) mass is 542 g/mol. The minimum Gasteiger partial charge on any atom is -0.491 e. The van der Waals surface area contributed by atoms with Crippen molar-refractivity contribution in [3.05, 3.63) is 82.7 Å². The van der Waals surface area contributed by atoms with E-state index in [0.29, 0.717) is 32.1 Å². The molecule has 1 aromatic heterocycles. The van der Waals surface area contributed by atoms with Gasteiger partial charge in [0.05, 0.1) is 12.5 Å². The molecule has 39 heavy (non-hydrogen) atoms. The predicted molar refractivity (Wildman–Crippen MR) is 160 cm³/mol. The SMILES string of the molecule is CC#CC(C/C(N)=N/NN)c1ccc(OCc2ccc3scc(-c4ccc(OCCOC)cc4C)c3c2)cc1. The number of thiophene rings is 1. The average Bonchev–Trinajstić information content (AvgIpc) is 3.35. The lowest BCUT2D eigenvalue weighted by Crippen LogP contribution is -2.23. The van der Waals surface area contributed by atoms with Crippen LogP contribution in [0.5, 0.6) is 11.5 Å². The van der Waals surface area contributed by atoms with E-state index in [-0.39, 0.29) is 5.92 Å². The Balaban J connectivity index is 1.46. The Bertz CT molecular complexity index is 1490. The normalized spacial score (nSPS) is 12.1. The van der Waals surface area contributed by atoms with E-state index in [1.54, 1.807) is 18.4 Å². The first-order valence-electron chi connectivity index (χ1n) is 12.7. The average molecular weight is 543 g/mol. The fourth-order valence-electron chi connectivity index (χ4n) is 4.37. The Morgan fingerprint density at radius 1 is 1.00 bits per heavy atom. The third-order valence-electron chi connectivity index (χ3n) is 6.31. The van der Waals surface area contributed by atoms with Gasteiger partial charge < -0.3 is 19.9 Å². The van der Waals surface area contributed by atoms with Gasteiger partial charge >= 0.3 is 0 Å². The van der Waals surface area contributed by atoms with Gasteiger partial charge in [-0.2, -0.15) is 5.10 Å². The molecule has 0 amide bonds. The van der Waals surface area contributed by atoms with Gasteiger partial charge in [-0.1, -0.05) is 30.2 Å². The topological polar surface area (TPSA) is 104 Å². The summed E-state index contributed by atoms with van der Waals surface area (Å²) in [6, 6.07) is 20.7. The molecule has 1 atom stereocenters. The smallest absolute Gasteiger partial charge is 0.122 e. The molecule has 1 unspecified atom stereocenters. The molecule has 0 spiro atoms. The molecule has 5 N–H and O–H groups in total. The fraction of sp³-hybridized carbons (Fsp3) is 0.258.